The van der Waals surface area contributed by atoms with Crippen LogP contribution in [0, 0.1) is 0 Å². The molecule has 0 aliphatic carbocycles. The molecule has 9 heteroatoms. The normalized spacial score (nSPS) is 19.5. The van der Waals surface area contributed by atoms with Crippen molar-refractivity contribution < 1.29 is 37.3 Å². The van der Waals surface area contributed by atoms with Crippen LogP contribution in [0.3, 0.4) is 0 Å². The molecule has 0 amide bonds. The Labute approximate surface area is 236 Å². The van der Waals surface area contributed by atoms with Crippen molar-refractivity contribution in [3.63, 3.8) is 0 Å². The predicted octanol–water partition coefficient (Wildman–Crippen LogP) is 6.52. The van der Waals surface area contributed by atoms with E-state index in [0.717, 1.165) is 18.4 Å². The van der Waals surface area contributed by atoms with E-state index in [1.165, 1.54) is 84.0 Å². The molecule has 1 aromatic heterocycles. The second kappa shape index (κ2) is 18.2. The number of phosphoric ester groups is 1. The van der Waals surface area contributed by atoms with Crippen molar-refractivity contribution in [2.24, 2.45) is 0 Å². The zero-order valence-electron chi connectivity index (χ0n) is 24.7. The van der Waals surface area contributed by atoms with E-state index >= 15 is 0 Å². The number of aromatic nitrogens is 1. The monoisotopic (exact) mass is 569 g/mol. The first-order valence-corrected chi connectivity index (χ1v) is 16.6. The molecule has 2 heterocycles. The largest absolute Gasteiger partial charge is 0.756 e. The van der Waals surface area contributed by atoms with Gasteiger partial charge < -0.3 is 23.4 Å². The van der Waals surface area contributed by atoms with Crippen LogP contribution in [0.1, 0.15) is 123 Å². The Morgan fingerprint density at radius 2 is 1.59 bits per heavy atom. The number of hydrogen-bond donors (Lipinski definition) is 0. The summed E-state index contributed by atoms with van der Waals surface area (Å²) in [4.78, 5) is 24.2. The molecule has 0 fully saturated rings. The van der Waals surface area contributed by atoms with Crippen molar-refractivity contribution in [3.8, 4) is 0 Å². The molecule has 224 valence electrons. The van der Waals surface area contributed by atoms with E-state index in [0.29, 0.717) is 13.2 Å². The highest BCUT2D eigenvalue weighted by Crippen LogP contribution is 2.48. The smallest absolute Gasteiger partial charge is 0.303 e. The molecule has 0 saturated carbocycles. The maximum Gasteiger partial charge on any atom is 0.303 e. The van der Waals surface area contributed by atoms with Crippen molar-refractivity contribution in [2.45, 2.75) is 142 Å². The number of pyridine rings is 1. The lowest BCUT2D eigenvalue weighted by molar-refractivity contribution is -0.699. The van der Waals surface area contributed by atoms with Crippen LogP contribution in [-0.4, -0.2) is 31.4 Å². The minimum atomic E-state index is -4.67. The summed E-state index contributed by atoms with van der Waals surface area (Å²) in [5, 5.41) is 0. The Morgan fingerprint density at radius 1 is 1.03 bits per heavy atom. The molecule has 2 bridgehead atoms. The van der Waals surface area contributed by atoms with Gasteiger partial charge >= 0.3 is 5.97 Å². The standard InChI is InChI=1S/C30H52NO7P/c1-5-6-7-8-9-10-11-12-13-14-15-16-17-18-22-35-26(2)29(37-27(3)32)24-36-39(33,34)38-30(4)25-31-21-19-20-28(30)23-31/h19-21,23,26,29H,5-18,22,24-25H2,1-4H3. The number of carbonyl (C=O) groups is 1. The Bertz CT molecular complexity index is 883. The Kier molecular flexibility index (Phi) is 15.8. The van der Waals surface area contributed by atoms with Crippen molar-refractivity contribution in [2.75, 3.05) is 13.2 Å². The van der Waals surface area contributed by atoms with Gasteiger partial charge in [0, 0.05) is 19.6 Å². The van der Waals surface area contributed by atoms with E-state index in [-0.39, 0.29) is 6.61 Å². The molecule has 0 spiro atoms. The molecule has 1 aromatic rings. The lowest BCUT2D eigenvalue weighted by atomic mass is 10.0. The quantitative estimate of drug-likeness (QED) is 0.0640. The third kappa shape index (κ3) is 13.7. The molecule has 4 atom stereocenters. The Hall–Kier alpha value is -1.31. The number of nitrogens with zero attached hydrogens (tertiary/aromatic N) is 1. The fraction of sp³-hybridized carbons (Fsp3) is 0.800. The maximum atomic E-state index is 12.6. The molecule has 0 aromatic carbocycles. The Morgan fingerprint density at radius 3 is 2.13 bits per heavy atom. The van der Waals surface area contributed by atoms with Crippen molar-refractivity contribution >= 4 is 13.8 Å². The van der Waals surface area contributed by atoms with E-state index in [4.69, 9.17) is 18.5 Å². The number of hydrogen-bond acceptors (Lipinski definition) is 7. The minimum Gasteiger partial charge on any atom is -0.756 e. The SMILES string of the molecule is CCCCCCCCCCCCCCCCOC(C)C(COP(=O)([O-])OC1(C)C[n+]2cccc1c2)OC(C)=O. The summed E-state index contributed by atoms with van der Waals surface area (Å²) in [6.07, 6.45) is 20.3. The zero-order chi connectivity index (χ0) is 28.6. The molecule has 0 radical (unpaired) electrons. The number of esters is 1. The molecule has 8 nitrogen and oxygen atoms in total. The fourth-order valence-corrected chi connectivity index (χ4v) is 6.08. The van der Waals surface area contributed by atoms with E-state index in [9.17, 15) is 14.3 Å². The van der Waals surface area contributed by atoms with Crippen LogP contribution in [0.4, 0.5) is 0 Å². The molecular weight excluding hydrogens is 517 g/mol. The van der Waals surface area contributed by atoms with Gasteiger partial charge in [0.05, 0.1) is 18.3 Å². The van der Waals surface area contributed by atoms with E-state index in [1.807, 2.05) is 29.1 Å². The van der Waals surface area contributed by atoms with Crippen LogP contribution in [0.25, 0.3) is 0 Å². The summed E-state index contributed by atoms with van der Waals surface area (Å²) in [5.74, 6) is -0.521. The number of phosphoric acid groups is 1. The molecule has 4 unspecified atom stereocenters. The van der Waals surface area contributed by atoms with Crippen LogP contribution in [0.15, 0.2) is 24.5 Å². The van der Waals surface area contributed by atoms with Crippen LogP contribution < -0.4 is 9.46 Å². The van der Waals surface area contributed by atoms with Gasteiger partial charge in [-0.15, -0.1) is 0 Å². The minimum absolute atomic E-state index is 0.360. The van der Waals surface area contributed by atoms with Gasteiger partial charge in [0.2, 0.25) is 0 Å². The second-order valence-corrected chi connectivity index (χ2v) is 12.5. The summed E-state index contributed by atoms with van der Waals surface area (Å²) >= 11 is 0. The lowest BCUT2D eigenvalue weighted by Crippen LogP contribution is -2.39. The summed E-state index contributed by atoms with van der Waals surface area (Å²) in [6.45, 7) is 7.55. The van der Waals surface area contributed by atoms with Gasteiger partial charge in [0.1, 0.15) is 0 Å². The summed E-state index contributed by atoms with van der Waals surface area (Å²) in [5.41, 5.74) is -0.278. The lowest BCUT2D eigenvalue weighted by Gasteiger charge is -2.32. The van der Waals surface area contributed by atoms with Gasteiger partial charge in [0.15, 0.2) is 30.6 Å². The zero-order valence-corrected chi connectivity index (χ0v) is 25.6. The van der Waals surface area contributed by atoms with Crippen molar-refractivity contribution in [3.05, 3.63) is 30.1 Å². The third-order valence-electron chi connectivity index (χ3n) is 7.38. The average molecular weight is 570 g/mol. The highest BCUT2D eigenvalue weighted by molar-refractivity contribution is 7.45. The van der Waals surface area contributed by atoms with Crippen LogP contribution in [0.2, 0.25) is 0 Å². The molecule has 0 N–H and O–H groups in total. The van der Waals surface area contributed by atoms with E-state index in [1.54, 1.807) is 13.8 Å². The molecule has 1 aliphatic heterocycles. The van der Waals surface area contributed by atoms with Crippen LogP contribution in [0.5, 0.6) is 0 Å². The summed E-state index contributed by atoms with van der Waals surface area (Å²) in [6, 6.07) is 3.66. The molecule has 39 heavy (non-hydrogen) atoms. The molecule has 2 rings (SSSR count). The first-order chi connectivity index (χ1) is 18.6. The number of ether oxygens (including phenoxy) is 2. The second-order valence-electron chi connectivity index (χ2n) is 11.2. The van der Waals surface area contributed by atoms with E-state index in [2.05, 4.69) is 6.92 Å². The summed E-state index contributed by atoms with van der Waals surface area (Å²) < 4.78 is 36.3. The van der Waals surface area contributed by atoms with Gasteiger partial charge in [-0.25, -0.2) is 4.57 Å². The van der Waals surface area contributed by atoms with Gasteiger partial charge in [-0.1, -0.05) is 90.4 Å². The van der Waals surface area contributed by atoms with Crippen molar-refractivity contribution in [1.82, 2.24) is 0 Å². The van der Waals surface area contributed by atoms with Crippen LogP contribution in [-0.2, 0) is 40.0 Å². The van der Waals surface area contributed by atoms with Crippen molar-refractivity contribution in [1.29, 1.82) is 0 Å². The third-order valence-corrected chi connectivity index (χ3v) is 8.47. The predicted molar refractivity (Wildman–Crippen MR) is 150 cm³/mol. The highest BCUT2D eigenvalue weighted by atomic mass is 31.2. The molecular formula is C30H52NO7P. The average Bonchev–Trinajstić information content (AvgIpc) is 3.09. The topological polar surface area (TPSA) is 98.0 Å². The number of rotatable bonds is 23. The number of fused-ring (bicyclic) bond motifs is 2. The highest BCUT2D eigenvalue weighted by Gasteiger charge is 2.43. The number of carbonyl (C=O) groups excluding carboxylic acids is 1. The molecule has 0 saturated heterocycles. The fourth-order valence-electron chi connectivity index (χ4n) is 5.04. The Balaban J connectivity index is 1.58. The number of unbranched alkanes of at least 4 members (excludes halogenated alkanes) is 13. The first-order valence-electron chi connectivity index (χ1n) is 15.1. The van der Waals surface area contributed by atoms with Gasteiger partial charge in [-0.2, -0.15) is 0 Å². The van der Waals surface area contributed by atoms with Crippen LogP contribution >= 0.6 is 7.82 Å². The van der Waals surface area contributed by atoms with Gasteiger partial charge in [0.25, 0.3) is 7.82 Å². The van der Waals surface area contributed by atoms with E-state index < -0.39 is 31.6 Å². The summed E-state index contributed by atoms with van der Waals surface area (Å²) in [7, 11) is -4.67. The van der Waals surface area contributed by atoms with Gasteiger partial charge in [-0.3, -0.25) is 9.36 Å². The first kappa shape index (κ1) is 33.9. The maximum absolute atomic E-state index is 12.6. The van der Waals surface area contributed by atoms with Gasteiger partial charge in [-0.05, 0) is 26.3 Å². The molecule has 1 aliphatic rings.